The summed E-state index contributed by atoms with van der Waals surface area (Å²) in [5, 5.41) is 9.50. The molecule has 1 atom stereocenters. The fraction of sp³-hybridized carbons (Fsp3) is 0.125. The fourth-order valence-electron chi connectivity index (χ4n) is 3.14. The number of hydrogen-bond donors (Lipinski definition) is 1. The highest BCUT2D eigenvalue weighted by Crippen LogP contribution is 2.21. The third kappa shape index (κ3) is 4.57. The third-order valence-electron chi connectivity index (χ3n) is 4.82. The molecule has 0 aliphatic heterocycles. The van der Waals surface area contributed by atoms with Crippen molar-refractivity contribution < 1.29 is 19.4 Å². The first-order valence-corrected chi connectivity index (χ1v) is 10.5. The van der Waals surface area contributed by atoms with E-state index in [1.165, 1.54) is 11.3 Å². The van der Waals surface area contributed by atoms with Crippen LogP contribution in [-0.2, 0) is 11.4 Å². The Labute approximate surface area is 182 Å². The van der Waals surface area contributed by atoms with Gasteiger partial charge in [0.05, 0.1) is 10.2 Å². The quantitative estimate of drug-likeness (QED) is 0.480. The van der Waals surface area contributed by atoms with E-state index in [1.54, 1.807) is 35.8 Å². The minimum atomic E-state index is -0.989. The van der Waals surface area contributed by atoms with Crippen molar-refractivity contribution in [3.8, 4) is 5.75 Å². The van der Waals surface area contributed by atoms with Crippen molar-refractivity contribution in [2.75, 3.05) is 0 Å². The number of carboxylic acid groups (broad SMARTS) is 1. The lowest BCUT2D eigenvalue weighted by atomic mass is 10.2. The number of benzene rings is 3. The van der Waals surface area contributed by atoms with Gasteiger partial charge in [0.25, 0.3) is 5.91 Å². The van der Waals surface area contributed by atoms with Crippen molar-refractivity contribution >= 4 is 33.4 Å². The fourth-order valence-corrected chi connectivity index (χ4v) is 4.24. The van der Waals surface area contributed by atoms with Crippen LogP contribution in [0.4, 0.5) is 0 Å². The number of aliphatic carboxylic acids is 1. The monoisotopic (exact) mass is 432 g/mol. The van der Waals surface area contributed by atoms with E-state index in [0.29, 0.717) is 22.7 Å². The molecule has 3 aromatic carbocycles. The van der Waals surface area contributed by atoms with Crippen molar-refractivity contribution in [2.24, 2.45) is 4.99 Å². The van der Waals surface area contributed by atoms with Crippen LogP contribution < -0.4 is 9.54 Å². The third-order valence-corrected chi connectivity index (χ3v) is 5.86. The van der Waals surface area contributed by atoms with Crippen molar-refractivity contribution in [1.29, 1.82) is 0 Å². The second-order valence-electron chi connectivity index (χ2n) is 6.95. The molecular weight excluding hydrogens is 412 g/mol. The lowest BCUT2D eigenvalue weighted by Crippen LogP contribution is -2.25. The van der Waals surface area contributed by atoms with Gasteiger partial charge in [-0.25, -0.2) is 4.79 Å². The first-order chi connectivity index (χ1) is 15.0. The number of aromatic nitrogens is 1. The number of carbonyl (C=O) groups excluding carboxylic acids is 1. The number of nitrogens with zero attached hydrogens (tertiary/aromatic N) is 2. The minimum Gasteiger partial charge on any atom is -0.489 e. The van der Waals surface area contributed by atoms with Crippen molar-refractivity contribution in [3.63, 3.8) is 0 Å². The SMILES string of the molecule is CC(C(=O)O)n1/c(=N/C(=O)c2ccc(OCc3ccccc3)cc2)sc2ccccc21. The number of carboxylic acids is 1. The van der Waals surface area contributed by atoms with Crippen LogP contribution in [0.25, 0.3) is 10.2 Å². The predicted octanol–water partition coefficient (Wildman–Crippen LogP) is 4.67. The summed E-state index contributed by atoms with van der Waals surface area (Å²) >= 11 is 1.29. The van der Waals surface area contributed by atoms with E-state index < -0.39 is 17.9 Å². The van der Waals surface area contributed by atoms with Crippen LogP contribution in [0.3, 0.4) is 0 Å². The molecule has 0 bridgehead atoms. The molecule has 1 amide bonds. The molecule has 156 valence electrons. The predicted molar refractivity (Wildman–Crippen MR) is 119 cm³/mol. The van der Waals surface area contributed by atoms with E-state index in [2.05, 4.69) is 4.99 Å². The average molecular weight is 433 g/mol. The van der Waals surface area contributed by atoms with E-state index in [-0.39, 0.29) is 0 Å². The van der Waals surface area contributed by atoms with Crippen LogP contribution in [0, 0.1) is 0 Å². The number of carbonyl (C=O) groups is 2. The Kier molecular flexibility index (Phi) is 5.95. The average Bonchev–Trinajstić information content (AvgIpc) is 3.15. The largest absolute Gasteiger partial charge is 0.489 e. The van der Waals surface area contributed by atoms with E-state index in [4.69, 9.17) is 4.74 Å². The van der Waals surface area contributed by atoms with Gasteiger partial charge in [-0.15, -0.1) is 0 Å². The molecule has 0 radical (unpaired) electrons. The zero-order chi connectivity index (χ0) is 21.8. The summed E-state index contributed by atoms with van der Waals surface area (Å²) in [6.07, 6.45) is 0. The van der Waals surface area contributed by atoms with Gasteiger partial charge >= 0.3 is 5.97 Å². The number of amides is 1. The summed E-state index contributed by atoms with van der Waals surface area (Å²) in [6, 6.07) is 23.1. The van der Waals surface area contributed by atoms with Gasteiger partial charge in [0.2, 0.25) is 0 Å². The lowest BCUT2D eigenvalue weighted by molar-refractivity contribution is -0.140. The number of rotatable bonds is 6. The zero-order valence-corrected chi connectivity index (χ0v) is 17.6. The first kappa shape index (κ1) is 20.6. The molecule has 0 aliphatic rings. The molecule has 0 saturated heterocycles. The van der Waals surface area contributed by atoms with Crippen LogP contribution in [0.15, 0.2) is 83.9 Å². The Morgan fingerprint density at radius 1 is 1.00 bits per heavy atom. The Balaban J connectivity index is 1.59. The number of para-hydroxylation sites is 1. The maximum atomic E-state index is 12.8. The molecule has 1 aromatic heterocycles. The van der Waals surface area contributed by atoms with E-state index >= 15 is 0 Å². The standard InChI is InChI=1S/C24H20N2O4S/c1-16(23(28)29)26-20-9-5-6-10-21(20)31-24(26)25-22(27)18-11-13-19(14-12-18)30-15-17-7-3-2-4-8-17/h2-14,16H,15H2,1H3,(H,28,29)/b25-24-. The number of thiazole rings is 1. The number of fused-ring (bicyclic) bond motifs is 1. The first-order valence-electron chi connectivity index (χ1n) is 9.71. The van der Waals surface area contributed by atoms with Crippen LogP contribution in [0.1, 0.15) is 28.9 Å². The van der Waals surface area contributed by atoms with Crippen LogP contribution in [-0.4, -0.2) is 21.6 Å². The second kappa shape index (κ2) is 8.97. The zero-order valence-electron chi connectivity index (χ0n) is 16.8. The van der Waals surface area contributed by atoms with Gasteiger partial charge in [-0.05, 0) is 48.9 Å². The summed E-state index contributed by atoms with van der Waals surface area (Å²) in [6.45, 7) is 2.01. The van der Waals surface area contributed by atoms with Crippen molar-refractivity contribution in [2.45, 2.75) is 19.6 Å². The molecule has 1 heterocycles. The number of hydrogen-bond acceptors (Lipinski definition) is 4. The Bertz CT molecular complexity index is 1290. The highest BCUT2D eigenvalue weighted by molar-refractivity contribution is 7.16. The smallest absolute Gasteiger partial charge is 0.326 e. The minimum absolute atomic E-state index is 0.352. The normalized spacial score (nSPS) is 12.6. The Morgan fingerprint density at radius 3 is 2.39 bits per heavy atom. The number of ether oxygens (including phenoxy) is 1. The van der Waals surface area contributed by atoms with E-state index in [9.17, 15) is 14.7 Å². The maximum Gasteiger partial charge on any atom is 0.326 e. The Morgan fingerprint density at radius 2 is 1.68 bits per heavy atom. The molecule has 4 aromatic rings. The van der Waals surface area contributed by atoms with Gasteiger partial charge in [-0.2, -0.15) is 4.99 Å². The molecule has 31 heavy (non-hydrogen) atoms. The van der Waals surface area contributed by atoms with Gasteiger partial charge in [-0.3, -0.25) is 4.79 Å². The molecule has 0 saturated carbocycles. The van der Waals surface area contributed by atoms with E-state index in [0.717, 1.165) is 15.8 Å². The molecule has 1 unspecified atom stereocenters. The molecule has 1 N–H and O–H groups in total. The molecule has 4 rings (SSSR count). The van der Waals surface area contributed by atoms with Crippen LogP contribution in [0.5, 0.6) is 5.75 Å². The summed E-state index contributed by atoms with van der Waals surface area (Å²) in [5.41, 5.74) is 2.19. The summed E-state index contributed by atoms with van der Waals surface area (Å²) in [7, 11) is 0. The highest BCUT2D eigenvalue weighted by atomic mass is 32.1. The molecule has 0 aliphatic carbocycles. The van der Waals surface area contributed by atoms with Crippen LogP contribution in [0.2, 0.25) is 0 Å². The van der Waals surface area contributed by atoms with Gasteiger partial charge in [0.15, 0.2) is 4.80 Å². The molecule has 7 heteroatoms. The molecule has 0 spiro atoms. The van der Waals surface area contributed by atoms with Crippen LogP contribution >= 0.6 is 11.3 Å². The molecular formula is C24H20N2O4S. The van der Waals surface area contributed by atoms with Gasteiger partial charge in [0.1, 0.15) is 18.4 Å². The van der Waals surface area contributed by atoms with Crippen molar-refractivity contribution in [3.05, 3.63) is 94.8 Å². The molecule has 0 fully saturated rings. The lowest BCUT2D eigenvalue weighted by Gasteiger charge is -2.10. The topological polar surface area (TPSA) is 80.9 Å². The van der Waals surface area contributed by atoms with E-state index in [1.807, 2.05) is 54.6 Å². The summed E-state index contributed by atoms with van der Waals surface area (Å²) < 4.78 is 8.20. The highest BCUT2D eigenvalue weighted by Gasteiger charge is 2.19. The maximum absolute atomic E-state index is 12.8. The second-order valence-corrected chi connectivity index (χ2v) is 7.96. The molecule has 6 nitrogen and oxygen atoms in total. The Hall–Kier alpha value is -3.71. The summed E-state index contributed by atoms with van der Waals surface area (Å²) in [4.78, 5) is 28.9. The van der Waals surface area contributed by atoms with Gasteiger partial charge < -0.3 is 14.4 Å². The van der Waals surface area contributed by atoms with Crippen molar-refractivity contribution in [1.82, 2.24) is 4.57 Å². The van der Waals surface area contributed by atoms with Gasteiger partial charge in [0, 0.05) is 5.56 Å². The summed E-state index contributed by atoms with van der Waals surface area (Å²) in [5.74, 6) is -0.776. The van der Waals surface area contributed by atoms with Gasteiger partial charge in [-0.1, -0.05) is 53.8 Å².